The molecule has 0 aromatic carbocycles. The number of amides is 2. The molecule has 0 radical (unpaired) electrons. The van der Waals surface area contributed by atoms with E-state index in [4.69, 9.17) is 4.74 Å². The van der Waals surface area contributed by atoms with Crippen LogP contribution in [0.3, 0.4) is 0 Å². The summed E-state index contributed by atoms with van der Waals surface area (Å²) in [5.41, 5.74) is 0. The summed E-state index contributed by atoms with van der Waals surface area (Å²) in [6.45, 7) is 1.53. The molecule has 5 nitrogen and oxygen atoms in total. The van der Waals surface area contributed by atoms with Gasteiger partial charge in [0.1, 0.15) is 13.2 Å². The van der Waals surface area contributed by atoms with Gasteiger partial charge in [-0.15, -0.1) is 0 Å². The Morgan fingerprint density at radius 2 is 1.83 bits per heavy atom. The monoisotopic (exact) mass is 170 g/mol. The molecule has 2 rings (SSSR count). The first kappa shape index (κ1) is 7.70. The van der Waals surface area contributed by atoms with E-state index >= 15 is 0 Å². The van der Waals surface area contributed by atoms with Crippen LogP contribution in [0.5, 0.6) is 0 Å². The lowest BCUT2D eigenvalue weighted by molar-refractivity contribution is -0.162. The molecule has 0 aromatic rings. The molecule has 2 aliphatic rings. The summed E-state index contributed by atoms with van der Waals surface area (Å²) >= 11 is 0. The minimum absolute atomic E-state index is 0.0439. The normalized spacial score (nSPS) is 25.8. The number of morpholine rings is 1. The highest BCUT2D eigenvalue weighted by atomic mass is 16.5. The quantitative estimate of drug-likeness (QED) is 0.479. The molecule has 66 valence electrons. The molecule has 2 heterocycles. The third-order valence-electron chi connectivity index (χ3n) is 2.11. The van der Waals surface area contributed by atoms with Crippen molar-refractivity contribution < 1.29 is 14.3 Å². The molecule has 2 fully saturated rings. The van der Waals surface area contributed by atoms with Crippen LogP contribution in [0.15, 0.2) is 0 Å². The van der Waals surface area contributed by atoms with Crippen LogP contribution in [0.2, 0.25) is 0 Å². The highest BCUT2D eigenvalue weighted by molar-refractivity contribution is 5.98. The molecule has 1 N–H and O–H groups in total. The zero-order chi connectivity index (χ0) is 8.55. The molecular formula is C7H10N2O3. The zero-order valence-electron chi connectivity index (χ0n) is 6.58. The summed E-state index contributed by atoms with van der Waals surface area (Å²) in [5, 5.41) is 3.01. The van der Waals surface area contributed by atoms with Crippen LogP contribution < -0.4 is 5.32 Å². The Labute approximate surface area is 69.7 Å². The van der Waals surface area contributed by atoms with Crippen molar-refractivity contribution in [2.45, 2.75) is 6.04 Å². The Morgan fingerprint density at radius 3 is 2.25 bits per heavy atom. The van der Waals surface area contributed by atoms with Gasteiger partial charge in [-0.05, 0) is 0 Å². The summed E-state index contributed by atoms with van der Waals surface area (Å²) < 4.78 is 4.78. The summed E-state index contributed by atoms with van der Waals surface area (Å²) in [7, 11) is 0. The van der Waals surface area contributed by atoms with Crippen molar-refractivity contribution in [2.24, 2.45) is 0 Å². The lowest BCUT2D eigenvalue weighted by Crippen LogP contribution is -2.63. The highest BCUT2D eigenvalue weighted by Crippen LogP contribution is 2.09. The van der Waals surface area contributed by atoms with Crippen LogP contribution >= 0.6 is 0 Å². The van der Waals surface area contributed by atoms with Crippen molar-refractivity contribution in [1.82, 2.24) is 10.2 Å². The fraction of sp³-hybridized carbons (Fsp3) is 0.714. The summed E-state index contributed by atoms with van der Waals surface area (Å²) in [6, 6.07) is 0.0638. The van der Waals surface area contributed by atoms with E-state index in [1.807, 2.05) is 0 Å². The lowest BCUT2D eigenvalue weighted by atomic mass is 10.1. The molecule has 0 unspecified atom stereocenters. The molecule has 0 bridgehead atoms. The first-order valence-electron chi connectivity index (χ1n) is 3.92. The minimum Gasteiger partial charge on any atom is -0.362 e. The van der Waals surface area contributed by atoms with Gasteiger partial charge in [-0.25, -0.2) is 0 Å². The topological polar surface area (TPSA) is 58.6 Å². The van der Waals surface area contributed by atoms with Gasteiger partial charge >= 0.3 is 0 Å². The zero-order valence-corrected chi connectivity index (χ0v) is 6.58. The van der Waals surface area contributed by atoms with Crippen LogP contribution in [0.4, 0.5) is 0 Å². The van der Waals surface area contributed by atoms with Gasteiger partial charge in [0.15, 0.2) is 0 Å². The van der Waals surface area contributed by atoms with Crippen LogP contribution in [-0.2, 0) is 14.3 Å². The number of ether oxygens (including phenoxy) is 1. The fourth-order valence-corrected chi connectivity index (χ4v) is 1.37. The second-order valence-corrected chi connectivity index (χ2v) is 2.96. The molecule has 2 amide bonds. The third kappa shape index (κ3) is 1.11. The minimum atomic E-state index is -0.210. The maximum atomic E-state index is 11.2. The highest BCUT2D eigenvalue weighted by Gasteiger charge is 2.35. The Hall–Kier alpha value is -0.940. The molecule has 0 spiro atoms. The molecule has 2 aliphatic heterocycles. The van der Waals surface area contributed by atoms with Gasteiger partial charge in [0, 0.05) is 13.1 Å². The number of hydrogen-bond acceptors (Lipinski definition) is 4. The average molecular weight is 170 g/mol. The average Bonchev–Trinajstić information content (AvgIpc) is 1.93. The maximum Gasteiger partial charge on any atom is 0.255 e. The SMILES string of the molecule is O=C1COCC(=O)N1C1CNC1. The second kappa shape index (κ2) is 2.84. The second-order valence-electron chi connectivity index (χ2n) is 2.96. The van der Waals surface area contributed by atoms with E-state index in [-0.39, 0.29) is 31.1 Å². The maximum absolute atomic E-state index is 11.2. The van der Waals surface area contributed by atoms with Crippen LogP contribution in [0.25, 0.3) is 0 Å². The lowest BCUT2D eigenvalue weighted by Gasteiger charge is -2.38. The number of rotatable bonds is 1. The molecular weight excluding hydrogens is 160 g/mol. The number of nitrogens with zero attached hydrogens (tertiary/aromatic N) is 1. The first-order chi connectivity index (χ1) is 5.79. The predicted octanol–water partition coefficient (Wildman–Crippen LogP) is -1.66. The summed E-state index contributed by atoms with van der Waals surface area (Å²) in [5.74, 6) is -0.421. The summed E-state index contributed by atoms with van der Waals surface area (Å²) in [6.07, 6.45) is 0. The van der Waals surface area contributed by atoms with E-state index in [1.54, 1.807) is 0 Å². The van der Waals surface area contributed by atoms with E-state index in [0.29, 0.717) is 0 Å². The van der Waals surface area contributed by atoms with Crippen molar-refractivity contribution >= 4 is 11.8 Å². The molecule has 5 heteroatoms. The van der Waals surface area contributed by atoms with E-state index < -0.39 is 0 Å². The molecule has 12 heavy (non-hydrogen) atoms. The van der Waals surface area contributed by atoms with E-state index in [2.05, 4.69) is 5.32 Å². The van der Waals surface area contributed by atoms with Gasteiger partial charge in [-0.1, -0.05) is 0 Å². The largest absolute Gasteiger partial charge is 0.362 e. The van der Waals surface area contributed by atoms with Crippen molar-refractivity contribution in [3.05, 3.63) is 0 Å². The Balaban J connectivity index is 2.07. The molecule has 0 atom stereocenters. The first-order valence-corrected chi connectivity index (χ1v) is 3.92. The molecule has 0 aromatic heterocycles. The Morgan fingerprint density at radius 1 is 1.25 bits per heavy atom. The van der Waals surface area contributed by atoms with Crippen molar-refractivity contribution in [3.63, 3.8) is 0 Å². The van der Waals surface area contributed by atoms with Gasteiger partial charge < -0.3 is 10.1 Å². The standard InChI is InChI=1S/C7H10N2O3/c10-6-3-12-4-7(11)9(6)5-1-8-2-5/h5,8H,1-4H2. The van der Waals surface area contributed by atoms with Crippen LogP contribution in [0, 0.1) is 0 Å². The smallest absolute Gasteiger partial charge is 0.255 e. The van der Waals surface area contributed by atoms with E-state index in [0.717, 1.165) is 13.1 Å². The van der Waals surface area contributed by atoms with Gasteiger partial charge in [0.2, 0.25) is 0 Å². The van der Waals surface area contributed by atoms with E-state index in [9.17, 15) is 9.59 Å². The molecule has 2 saturated heterocycles. The fourth-order valence-electron chi connectivity index (χ4n) is 1.37. The number of imide groups is 1. The van der Waals surface area contributed by atoms with Crippen LogP contribution in [-0.4, -0.2) is 49.1 Å². The Kier molecular flexibility index (Phi) is 1.82. The van der Waals surface area contributed by atoms with Gasteiger partial charge in [0.25, 0.3) is 11.8 Å². The van der Waals surface area contributed by atoms with Gasteiger partial charge in [-0.2, -0.15) is 0 Å². The number of nitrogens with one attached hydrogen (secondary N) is 1. The van der Waals surface area contributed by atoms with E-state index in [1.165, 1.54) is 4.90 Å². The summed E-state index contributed by atoms with van der Waals surface area (Å²) in [4.78, 5) is 23.7. The third-order valence-corrected chi connectivity index (χ3v) is 2.11. The number of carbonyl (C=O) groups excluding carboxylic acids is 2. The number of hydrogen-bond donors (Lipinski definition) is 1. The van der Waals surface area contributed by atoms with Crippen molar-refractivity contribution in [1.29, 1.82) is 0 Å². The molecule has 0 aliphatic carbocycles. The van der Waals surface area contributed by atoms with Gasteiger partial charge in [0.05, 0.1) is 6.04 Å². The van der Waals surface area contributed by atoms with Crippen LogP contribution in [0.1, 0.15) is 0 Å². The van der Waals surface area contributed by atoms with Gasteiger partial charge in [-0.3, -0.25) is 14.5 Å². The predicted molar refractivity (Wildman–Crippen MR) is 39.3 cm³/mol. The number of carbonyl (C=O) groups is 2. The van der Waals surface area contributed by atoms with Crippen molar-refractivity contribution in [2.75, 3.05) is 26.3 Å². The Bertz CT molecular complexity index is 209. The van der Waals surface area contributed by atoms with Crippen molar-refractivity contribution in [3.8, 4) is 0 Å². The molecule has 0 saturated carbocycles.